The molecule has 0 heterocycles. The standard InChI is InChI=1S/C18H18O2/c1-14(18(20)16-10-6-3-7-11-16)17(19)13-12-15-8-4-2-5-9-15/h2-14,17,19H,1H3/b13-12+/t14-,17-/m1/s1. The molecule has 2 heteroatoms. The van der Waals surface area contributed by atoms with E-state index in [1.54, 1.807) is 25.1 Å². The van der Waals surface area contributed by atoms with Gasteiger partial charge < -0.3 is 5.11 Å². The van der Waals surface area contributed by atoms with Crippen molar-refractivity contribution < 1.29 is 9.90 Å². The van der Waals surface area contributed by atoms with Gasteiger partial charge in [-0.25, -0.2) is 0 Å². The molecule has 2 atom stereocenters. The molecule has 20 heavy (non-hydrogen) atoms. The lowest BCUT2D eigenvalue weighted by Crippen LogP contribution is -2.23. The molecule has 2 aromatic rings. The summed E-state index contributed by atoms with van der Waals surface area (Å²) in [5.74, 6) is -0.506. The normalized spacial score (nSPS) is 14.1. The number of carbonyl (C=O) groups is 1. The van der Waals surface area contributed by atoms with Crippen molar-refractivity contribution in [3.05, 3.63) is 77.9 Å². The summed E-state index contributed by atoms with van der Waals surface area (Å²) < 4.78 is 0. The topological polar surface area (TPSA) is 37.3 Å². The average molecular weight is 266 g/mol. The van der Waals surface area contributed by atoms with Gasteiger partial charge in [-0.05, 0) is 5.56 Å². The third kappa shape index (κ3) is 3.65. The average Bonchev–Trinajstić information content (AvgIpc) is 2.53. The van der Waals surface area contributed by atoms with E-state index < -0.39 is 12.0 Å². The predicted octanol–water partition coefficient (Wildman–Crippen LogP) is 3.58. The van der Waals surface area contributed by atoms with Gasteiger partial charge in [-0.1, -0.05) is 79.7 Å². The Morgan fingerprint density at radius 1 is 1.00 bits per heavy atom. The molecule has 0 aromatic heterocycles. The van der Waals surface area contributed by atoms with Gasteiger partial charge >= 0.3 is 0 Å². The minimum absolute atomic E-state index is 0.0455. The fourth-order valence-corrected chi connectivity index (χ4v) is 1.96. The van der Waals surface area contributed by atoms with Gasteiger partial charge in [-0.3, -0.25) is 4.79 Å². The molecule has 0 aliphatic heterocycles. The number of Topliss-reactive ketones (excluding diaryl/α,β-unsaturated/α-hetero) is 1. The quantitative estimate of drug-likeness (QED) is 0.840. The van der Waals surface area contributed by atoms with Crippen molar-refractivity contribution in [2.75, 3.05) is 0 Å². The van der Waals surface area contributed by atoms with Crippen LogP contribution in [0.4, 0.5) is 0 Å². The summed E-state index contributed by atoms with van der Waals surface area (Å²) in [6.07, 6.45) is 2.71. The second-order valence-electron chi connectivity index (χ2n) is 4.78. The van der Waals surface area contributed by atoms with Crippen LogP contribution in [0.3, 0.4) is 0 Å². The third-order valence-corrected chi connectivity index (χ3v) is 3.27. The minimum atomic E-state index is -0.789. The number of ketones is 1. The number of carbonyl (C=O) groups excluding carboxylic acids is 1. The number of benzene rings is 2. The van der Waals surface area contributed by atoms with Gasteiger partial charge in [-0.2, -0.15) is 0 Å². The monoisotopic (exact) mass is 266 g/mol. The largest absolute Gasteiger partial charge is 0.388 e. The number of aliphatic hydroxyl groups is 1. The van der Waals surface area contributed by atoms with Crippen LogP contribution in [-0.4, -0.2) is 17.0 Å². The first-order chi connectivity index (χ1) is 9.68. The molecule has 0 saturated carbocycles. The first-order valence-corrected chi connectivity index (χ1v) is 6.69. The highest BCUT2D eigenvalue weighted by Crippen LogP contribution is 2.14. The van der Waals surface area contributed by atoms with E-state index in [0.29, 0.717) is 5.56 Å². The summed E-state index contributed by atoms with van der Waals surface area (Å²) in [5.41, 5.74) is 1.64. The van der Waals surface area contributed by atoms with Crippen LogP contribution in [0.2, 0.25) is 0 Å². The third-order valence-electron chi connectivity index (χ3n) is 3.27. The molecule has 0 aliphatic rings. The highest BCUT2D eigenvalue weighted by molar-refractivity contribution is 5.98. The molecule has 0 fully saturated rings. The van der Waals surface area contributed by atoms with Crippen molar-refractivity contribution in [3.63, 3.8) is 0 Å². The molecule has 0 spiro atoms. The SMILES string of the molecule is C[C@@H](C(=O)c1ccccc1)[C@H](O)/C=C/c1ccccc1. The van der Waals surface area contributed by atoms with Crippen molar-refractivity contribution in [1.29, 1.82) is 0 Å². The Labute approximate surface area is 119 Å². The highest BCUT2D eigenvalue weighted by atomic mass is 16.3. The lowest BCUT2D eigenvalue weighted by Gasteiger charge is -2.14. The van der Waals surface area contributed by atoms with E-state index in [2.05, 4.69) is 0 Å². The first kappa shape index (κ1) is 14.2. The van der Waals surface area contributed by atoms with Gasteiger partial charge in [0.15, 0.2) is 5.78 Å². The fourth-order valence-electron chi connectivity index (χ4n) is 1.96. The van der Waals surface area contributed by atoms with E-state index >= 15 is 0 Å². The molecule has 2 aromatic carbocycles. The van der Waals surface area contributed by atoms with E-state index in [4.69, 9.17) is 0 Å². The smallest absolute Gasteiger partial charge is 0.168 e. The molecule has 0 saturated heterocycles. The molecule has 2 rings (SSSR count). The highest BCUT2D eigenvalue weighted by Gasteiger charge is 2.20. The molecule has 102 valence electrons. The Bertz CT molecular complexity index is 573. The Kier molecular flexibility index (Phi) is 4.85. The molecule has 0 bridgehead atoms. The van der Waals surface area contributed by atoms with E-state index in [1.807, 2.05) is 54.6 Å². The molecular formula is C18H18O2. The fraction of sp³-hybridized carbons (Fsp3) is 0.167. The summed E-state index contributed by atoms with van der Waals surface area (Å²) in [6.45, 7) is 1.75. The zero-order chi connectivity index (χ0) is 14.4. The second kappa shape index (κ2) is 6.83. The molecule has 0 aliphatic carbocycles. The predicted molar refractivity (Wildman–Crippen MR) is 81.4 cm³/mol. The Morgan fingerprint density at radius 3 is 2.15 bits per heavy atom. The van der Waals surface area contributed by atoms with E-state index in [1.165, 1.54) is 0 Å². The molecule has 2 nitrogen and oxygen atoms in total. The van der Waals surface area contributed by atoms with Crippen molar-refractivity contribution in [2.45, 2.75) is 13.0 Å². The van der Waals surface area contributed by atoms with Crippen LogP contribution >= 0.6 is 0 Å². The van der Waals surface area contributed by atoms with Crippen LogP contribution in [-0.2, 0) is 0 Å². The molecular weight excluding hydrogens is 248 g/mol. The summed E-state index contributed by atoms with van der Waals surface area (Å²) in [7, 11) is 0. The second-order valence-corrected chi connectivity index (χ2v) is 4.78. The van der Waals surface area contributed by atoms with Crippen molar-refractivity contribution in [1.82, 2.24) is 0 Å². The van der Waals surface area contributed by atoms with Crippen LogP contribution < -0.4 is 0 Å². The van der Waals surface area contributed by atoms with Gasteiger partial charge in [0.25, 0.3) is 0 Å². The summed E-state index contributed by atoms with van der Waals surface area (Å²) >= 11 is 0. The molecule has 0 radical (unpaired) electrons. The van der Waals surface area contributed by atoms with Gasteiger partial charge in [0.1, 0.15) is 0 Å². The zero-order valence-corrected chi connectivity index (χ0v) is 11.4. The number of aliphatic hydroxyl groups excluding tert-OH is 1. The Balaban J connectivity index is 2.04. The Hall–Kier alpha value is -2.19. The lowest BCUT2D eigenvalue weighted by molar-refractivity contribution is 0.0806. The zero-order valence-electron chi connectivity index (χ0n) is 11.4. The van der Waals surface area contributed by atoms with E-state index in [9.17, 15) is 9.90 Å². The Morgan fingerprint density at radius 2 is 1.55 bits per heavy atom. The number of hydrogen-bond donors (Lipinski definition) is 1. The maximum absolute atomic E-state index is 12.2. The van der Waals surface area contributed by atoms with Crippen LogP contribution in [0.1, 0.15) is 22.8 Å². The van der Waals surface area contributed by atoms with E-state index in [-0.39, 0.29) is 5.78 Å². The van der Waals surface area contributed by atoms with Crippen LogP contribution in [0.5, 0.6) is 0 Å². The van der Waals surface area contributed by atoms with Gasteiger partial charge in [0.2, 0.25) is 0 Å². The summed E-state index contributed by atoms with van der Waals surface area (Å²) in [4.78, 5) is 12.2. The number of rotatable bonds is 5. The van der Waals surface area contributed by atoms with Gasteiger partial charge in [0.05, 0.1) is 6.10 Å². The van der Waals surface area contributed by atoms with Gasteiger partial charge in [-0.15, -0.1) is 0 Å². The van der Waals surface area contributed by atoms with Crippen LogP contribution in [0, 0.1) is 5.92 Å². The summed E-state index contributed by atoms with van der Waals surface area (Å²) in [5, 5.41) is 10.1. The molecule has 1 N–H and O–H groups in total. The maximum atomic E-state index is 12.2. The maximum Gasteiger partial charge on any atom is 0.168 e. The van der Waals surface area contributed by atoms with Gasteiger partial charge in [0, 0.05) is 11.5 Å². The number of hydrogen-bond acceptors (Lipinski definition) is 2. The minimum Gasteiger partial charge on any atom is -0.388 e. The summed E-state index contributed by atoms with van der Waals surface area (Å²) in [6, 6.07) is 18.8. The molecule has 0 amide bonds. The first-order valence-electron chi connectivity index (χ1n) is 6.69. The van der Waals surface area contributed by atoms with Crippen LogP contribution in [0.15, 0.2) is 66.7 Å². The lowest BCUT2D eigenvalue weighted by atomic mass is 9.94. The van der Waals surface area contributed by atoms with Crippen LogP contribution in [0.25, 0.3) is 6.08 Å². The van der Waals surface area contributed by atoms with Crippen molar-refractivity contribution >= 4 is 11.9 Å². The van der Waals surface area contributed by atoms with Crippen molar-refractivity contribution in [2.24, 2.45) is 5.92 Å². The molecule has 0 unspecified atom stereocenters. The van der Waals surface area contributed by atoms with E-state index in [0.717, 1.165) is 5.56 Å². The van der Waals surface area contributed by atoms with Crippen molar-refractivity contribution in [3.8, 4) is 0 Å².